The summed E-state index contributed by atoms with van der Waals surface area (Å²) in [5.74, 6) is 1.02. The fraction of sp³-hybridized carbons (Fsp3) is 0.222. The molecule has 7 heteroatoms. The van der Waals surface area contributed by atoms with Crippen molar-refractivity contribution in [2.24, 2.45) is 0 Å². The van der Waals surface area contributed by atoms with Crippen molar-refractivity contribution < 1.29 is 0 Å². The molecule has 4 aromatic rings. The van der Waals surface area contributed by atoms with Crippen LogP contribution in [0.1, 0.15) is 10.6 Å². The van der Waals surface area contributed by atoms with Crippen molar-refractivity contribution in [2.75, 3.05) is 18.5 Å². The van der Waals surface area contributed by atoms with E-state index in [0.29, 0.717) is 0 Å². The van der Waals surface area contributed by atoms with Gasteiger partial charge in [-0.3, -0.25) is 4.98 Å². The van der Waals surface area contributed by atoms with Crippen molar-refractivity contribution in [3.05, 3.63) is 58.9 Å². The molecule has 25 heavy (non-hydrogen) atoms. The van der Waals surface area contributed by atoms with Crippen LogP contribution in [0.3, 0.4) is 0 Å². The molecule has 0 N–H and O–H groups in total. The number of fused-ring (bicyclic) bond motifs is 1. The van der Waals surface area contributed by atoms with Crippen LogP contribution in [-0.4, -0.2) is 38.2 Å². The molecule has 0 aromatic carbocycles. The minimum Gasteiger partial charge on any atom is -0.359 e. The summed E-state index contributed by atoms with van der Waals surface area (Å²) in [5, 5.41) is 4.43. The number of pyridine rings is 1. The molecule has 4 rings (SSSR count). The van der Waals surface area contributed by atoms with Gasteiger partial charge in [0.15, 0.2) is 5.65 Å². The topological polar surface area (TPSA) is 59.2 Å². The Bertz CT molecular complexity index is 991. The van der Waals surface area contributed by atoms with Crippen molar-refractivity contribution in [2.45, 2.75) is 13.3 Å². The zero-order valence-electron chi connectivity index (χ0n) is 14.1. The predicted octanol–water partition coefficient (Wildman–Crippen LogP) is 3.24. The van der Waals surface area contributed by atoms with Gasteiger partial charge in [-0.15, -0.1) is 11.3 Å². The summed E-state index contributed by atoms with van der Waals surface area (Å²) in [5.41, 5.74) is 5.84. The van der Waals surface area contributed by atoms with Crippen molar-refractivity contribution in [1.82, 2.24) is 24.6 Å². The van der Waals surface area contributed by atoms with Crippen LogP contribution in [0.5, 0.6) is 0 Å². The van der Waals surface area contributed by atoms with E-state index in [1.807, 2.05) is 28.2 Å². The standard InChI is InChI=1S/C18H18N6S/c1-13-16(25-12-20-13)6-10-23(2)18-11-15(14-3-7-19-8-4-14)22-17-5-9-21-24(17)18/h3-5,7-9,11-12H,6,10H2,1-2H3. The van der Waals surface area contributed by atoms with E-state index in [-0.39, 0.29) is 0 Å². The highest BCUT2D eigenvalue weighted by Crippen LogP contribution is 2.24. The molecule has 0 aliphatic heterocycles. The van der Waals surface area contributed by atoms with Gasteiger partial charge in [0.05, 0.1) is 23.1 Å². The number of aryl methyl sites for hydroxylation is 1. The lowest BCUT2D eigenvalue weighted by Crippen LogP contribution is -2.23. The van der Waals surface area contributed by atoms with E-state index in [1.165, 1.54) is 4.88 Å². The van der Waals surface area contributed by atoms with E-state index in [9.17, 15) is 0 Å². The van der Waals surface area contributed by atoms with Crippen molar-refractivity contribution in [3.8, 4) is 11.3 Å². The second-order valence-electron chi connectivity index (χ2n) is 5.87. The number of anilines is 1. The van der Waals surface area contributed by atoms with Crippen LogP contribution in [-0.2, 0) is 6.42 Å². The van der Waals surface area contributed by atoms with Gasteiger partial charge in [0.1, 0.15) is 5.82 Å². The van der Waals surface area contributed by atoms with Gasteiger partial charge < -0.3 is 4.90 Å². The number of nitrogens with zero attached hydrogens (tertiary/aromatic N) is 6. The maximum absolute atomic E-state index is 4.71. The maximum Gasteiger partial charge on any atom is 0.157 e. The number of aromatic nitrogens is 5. The molecule has 0 amide bonds. The van der Waals surface area contributed by atoms with E-state index in [0.717, 1.165) is 41.4 Å². The molecule has 0 bridgehead atoms. The maximum atomic E-state index is 4.71. The fourth-order valence-electron chi connectivity index (χ4n) is 2.79. The molecule has 0 unspecified atom stereocenters. The molecule has 126 valence electrons. The van der Waals surface area contributed by atoms with E-state index >= 15 is 0 Å². The highest BCUT2D eigenvalue weighted by Gasteiger charge is 2.12. The van der Waals surface area contributed by atoms with Gasteiger partial charge in [-0.2, -0.15) is 9.61 Å². The molecule has 4 heterocycles. The Morgan fingerprint density at radius 1 is 1.16 bits per heavy atom. The third kappa shape index (κ3) is 3.10. The molecule has 0 saturated carbocycles. The average Bonchev–Trinajstić information content (AvgIpc) is 3.28. The Labute approximate surface area is 149 Å². The smallest absolute Gasteiger partial charge is 0.157 e. The van der Waals surface area contributed by atoms with Gasteiger partial charge in [-0.05, 0) is 19.1 Å². The van der Waals surface area contributed by atoms with Crippen molar-refractivity contribution >= 4 is 22.8 Å². The van der Waals surface area contributed by atoms with Crippen LogP contribution in [0.4, 0.5) is 5.82 Å². The Kier molecular flexibility index (Phi) is 4.15. The summed E-state index contributed by atoms with van der Waals surface area (Å²) >= 11 is 1.71. The van der Waals surface area contributed by atoms with E-state index in [2.05, 4.69) is 40.0 Å². The highest BCUT2D eigenvalue weighted by molar-refractivity contribution is 7.09. The first-order chi connectivity index (χ1) is 12.2. The van der Waals surface area contributed by atoms with Crippen LogP contribution in [0.2, 0.25) is 0 Å². The summed E-state index contributed by atoms with van der Waals surface area (Å²) in [7, 11) is 2.09. The van der Waals surface area contributed by atoms with Gasteiger partial charge in [0.25, 0.3) is 0 Å². The van der Waals surface area contributed by atoms with E-state index in [1.54, 1.807) is 29.9 Å². The SMILES string of the molecule is Cc1ncsc1CCN(C)c1cc(-c2ccncc2)nc2ccnn12. The lowest BCUT2D eigenvalue weighted by Gasteiger charge is -2.20. The second kappa shape index (κ2) is 6.60. The summed E-state index contributed by atoms with van der Waals surface area (Å²) in [4.78, 5) is 16.7. The predicted molar refractivity (Wildman–Crippen MR) is 100 cm³/mol. The Morgan fingerprint density at radius 2 is 2.00 bits per heavy atom. The fourth-order valence-corrected chi connectivity index (χ4v) is 3.56. The number of likely N-dealkylation sites (N-methyl/N-ethyl adjacent to an activating group) is 1. The molecular formula is C18H18N6S. The first-order valence-corrected chi connectivity index (χ1v) is 8.95. The zero-order valence-corrected chi connectivity index (χ0v) is 14.9. The molecule has 0 saturated heterocycles. The molecule has 0 atom stereocenters. The first-order valence-electron chi connectivity index (χ1n) is 8.07. The normalized spacial score (nSPS) is 11.1. The molecule has 0 spiro atoms. The molecule has 0 aliphatic carbocycles. The van der Waals surface area contributed by atoms with Gasteiger partial charge in [0, 0.05) is 55.0 Å². The monoisotopic (exact) mass is 350 g/mol. The molecule has 6 nitrogen and oxygen atoms in total. The highest BCUT2D eigenvalue weighted by atomic mass is 32.1. The summed E-state index contributed by atoms with van der Waals surface area (Å²) in [6.07, 6.45) is 6.31. The number of hydrogen-bond donors (Lipinski definition) is 0. The minimum absolute atomic E-state index is 0.838. The number of hydrogen-bond acceptors (Lipinski definition) is 6. The Balaban J connectivity index is 1.68. The third-order valence-electron chi connectivity index (χ3n) is 4.23. The lowest BCUT2D eigenvalue weighted by atomic mass is 10.2. The second-order valence-corrected chi connectivity index (χ2v) is 6.81. The van der Waals surface area contributed by atoms with Gasteiger partial charge in [-0.25, -0.2) is 9.97 Å². The summed E-state index contributed by atoms with van der Waals surface area (Å²) in [6, 6.07) is 7.95. The van der Waals surface area contributed by atoms with Crippen LogP contribution in [0.15, 0.2) is 48.4 Å². The Hall–Kier alpha value is -2.80. The van der Waals surface area contributed by atoms with Crippen LogP contribution < -0.4 is 4.90 Å². The molecule has 0 fully saturated rings. The first kappa shape index (κ1) is 15.7. The zero-order chi connectivity index (χ0) is 17.2. The summed E-state index contributed by atoms with van der Waals surface area (Å²) in [6.45, 7) is 2.95. The third-order valence-corrected chi connectivity index (χ3v) is 5.22. The van der Waals surface area contributed by atoms with Gasteiger partial charge in [-0.1, -0.05) is 0 Å². The van der Waals surface area contributed by atoms with Gasteiger partial charge in [0.2, 0.25) is 0 Å². The van der Waals surface area contributed by atoms with Crippen LogP contribution in [0, 0.1) is 6.92 Å². The lowest BCUT2D eigenvalue weighted by molar-refractivity contribution is 0.817. The van der Waals surface area contributed by atoms with Crippen molar-refractivity contribution in [1.29, 1.82) is 0 Å². The van der Waals surface area contributed by atoms with Crippen LogP contribution in [0.25, 0.3) is 16.9 Å². The van der Waals surface area contributed by atoms with Crippen molar-refractivity contribution in [3.63, 3.8) is 0 Å². The quantitative estimate of drug-likeness (QED) is 0.553. The molecular weight excluding hydrogens is 332 g/mol. The molecule has 0 radical (unpaired) electrons. The largest absolute Gasteiger partial charge is 0.359 e. The van der Waals surface area contributed by atoms with Crippen LogP contribution >= 0.6 is 11.3 Å². The average molecular weight is 350 g/mol. The van der Waals surface area contributed by atoms with Gasteiger partial charge >= 0.3 is 0 Å². The van der Waals surface area contributed by atoms with E-state index in [4.69, 9.17) is 4.98 Å². The molecule has 0 aliphatic rings. The summed E-state index contributed by atoms with van der Waals surface area (Å²) < 4.78 is 1.88. The molecule has 4 aromatic heterocycles. The minimum atomic E-state index is 0.838. The number of rotatable bonds is 5. The van der Waals surface area contributed by atoms with E-state index < -0.39 is 0 Å². The number of thiazole rings is 1. The Morgan fingerprint density at radius 3 is 2.76 bits per heavy atom.